The molecule has 0 radical (unpaired) electrons. The lowest BCUT2D eigenvalue weighted by molar-refractivity contribution is -0.143. The number of carboxylic acid groups (broad SMARTS) is 2. The topological polar surface area (TPSA) is 159 Å². The van der Waals surface area contributed by atoms with Crippen molar-refractivity contribution >= 4 is 23.8 Å². The maximum absolute atomic E-state index is 12.4. The summed E-state index contributed by atoms with van der Waals surface area (Å²) in [6.45, 7) is 7.08. The largest absolute Gasteiger partial charge is 0.481 e. The van der Waals surface area contributed by atoms with Gasteiger partial charge in [-0.15, -0.1) is 0 Å². The number of carboxylic acids is 2. The SMILES string of the molecule is CC(C)CC(NC(=O)C(NC(=O)C(N)CCC(=O)O)C(C)C)C(=O)O. The van der Waals surface area contributed by atoms with Crippen LogP contribution in [-0.2, 0) is 19.2 Å². The van der Waals surface area contributed by atoms with Crippen LogP contribution in [0.15, 0.2) is 0 Å². The van der Waals surface area contributed by atoms with E-state index in [1.165, 1.54) is 0 Å². The molecule has 25 heavy (non-hydrogen) atoms. The van der Waals surface area contributed by atoms with Gasteiger partial charge in [-0.2, -0.15) is 0 Å². The average molecular weight is 359 g/mol. The normalized spacial score (nSPS) is 14.7. The monoisotopic (exact) mass is 359 g/mol. The van der Waals surface area contributed by atoms with Crippen LogP contribution in [0.2, 0.25) is 0 Å². The molecular formula is C16H29N3O6. The van der Waals surface area contributed by atoms with Crippen LogP contribution < -0.4 is 16.4 Å². The fraction of sp³-hybridized carbons (Fsp3) is 0.750. The Labute approximate surface area is 147 Å². The third-order valence-corrected chi connectivity index (χ3v) is 3.57. The molecule has 0 aliphatic heterocycles. The second-order valence-corrected chi connectivity index (χ2v) is 6.80. The fourth-order valence-electron chi connectivity index (χ4n) is 2.16. The van der Waals surface area contributed by atoms with Crippen molar-refractivity contribution in [1.29, 1.82) is 0 Å². The zero-order valence-corrected chi connectivity index (χ0v) is 15.1. The molecule has 0 aromatic heterocycles. The summed E-state index contributed by atoms with van der Waals surface area (Å²) in [6, 6.07) is -3.07. The van der Waals surface area contributed by atoms with Crippen LogP contribution in [0.1, 0.15) is 47.0 Å². The van der Waals surface area contributed by atoms with E-state index in [1.807, 2.05) is 13.8 Å². The number of hydrogen-bond acceptors (Lipinski definition) is 5. The summed E-state index contributed by atoms with van der Waals surface area (Å²) in [6.07, 6.45) is -0.0563. The molecule has 0 fully saturated rings. The zero-order valence-electron chi connectivity index (χ0n) is 15.1. The van der Waals surface area contributed by atoms with Gasteiger partial charge in [0.2, 0.25) is 11.8 Å². The van der Waals surface area contributed by atoms with Crippen LogP contribution in [-0.4, -0.2) is 52.1 Å². The van der Waals surface area contributed by atoms with Crippen molar-refractivity contribution in [1.82, 2.24) is 10.6 Å². The molecule has 9 nitrogen and oxygen atoms in total. The molecule has 0 spiro atoms. The van der Waals surface area contributed by atoms with Crippen LogP contribution in [0.3, 0.4) is 0 Å². The number of nitrogens with one attached hydrogen (secondary N) is 2. The molecule has 0 saturated carbocycles. The van der Waals surface area contributed by atoms with Gasteiger partial charge in [0.05, 0.1) is 6.04 Å². The van der Waals surface area contributed by atoms with Crippen LogP contribution in [0, 0.1) is 11.8 Å². The summed E-state index contributed by atoms with van der Waals surface area (Å²) in [7, 11) is 0. The molecule has 3 unspecified atom stereocenters. The minimum Gasteiger partial charge on any atom is -0.481 e. The van der Waals surface area contributed by atoms with Gasteiger partial charge in [0.1, 0.15) is 12.1 Å². The van der Waals surface area contributed by atoms with Crippen LogP contribution in [0.4, 0.5) is 0 Å². The van der Waals surface area contributed by atoms with Crippen molar-refractivity contribution in [3.8, 4) is 0 Å². The molecule has 9 heteroatoms. The van der Waals surface area contributed by atoms with Gasteiger partial charge in [0.15, 0.2) is 0 Å². The molecule has 3 atom stereocenters. The lowest BCUT2D eigenvalue weighted by Crippen LogP contribution is -2.56. The predicted octanol–water partition coefficient (Wildman–Crippen LogP) is -0.0652. The minimum absolute atomic E-state index is 0.0568. The molecule has 6 N–H and O–H groups in total. The first kappa shape index (κ1) is 22.8. The second-order valence-electron chi connectivity index (χ2n) is 6.80. The van der Waals surface area contributed by atoms with E-state index in [-0.39, 0.29) is 31.1 Å². The Hall–Kier alpha value is -2.16. The molecule has 2 amide bonds. The van der Waals surface area contributed by atoms with Gasteiger partial charge in [0, 0.05) is 6.42 Å². The quantitative estimate of drug-likeness (QED) is 0.345. The Bertz CT molecular complexity index is 492. The first-order valence-electron chi connectivity index (χ1n) is 8.26. The average Bonchev–Trinajstić information content (AvgIpc) is 2.47. The molecular weight excluding hydrogens is 330 g/mol. The van der Waals surface area contributed by atoms with Crippen LogP contribution in [0.25, 0.3) is 0 Å². The summed E-state index contributed by atoms with van der Waals surface area (Å²) >= 11 is 0. The van der Waals surface area contributed by atoms with Gasteiger partial charge in [-0.3, -0.25) is 14.4 Å². The second kappa shape index (κ2) is 10.7. The third-order valence-electron chi connectivity index (χ3n) is 3.57. The summed E-state index contributed by atoms with van der Waals surface area (Å²) in [5.74, 6) is -3.71. The van der Waals surface area contributed by atoms with Gasteiger partial charge in [0.25, 0.3) is 0 Å². The maximum atomic E-state index is 12.4. The van der Waals surface area contributed by atoms with Gasteiger partial charge in [-0.25, -0.2) is 4.79 Å². The lowest BCUT2D eigenvalue weighted by Gasteiger charge is -2.25. The summed E-state index contributed by atoms with van der Waals surface area (Å²) in [5.41, 5.74) is 5.63. The van der Waals surface area contributed by atoms with Crippen molar-refractivity contribution in [2.75, 3.05) is 0 Å². The molecule has 0 aliphatic carbocycles. The molecule has 0 bridgehead atoms. The van der Waals surface area contributed by atoms with Crippen molar-refractivity contribution in [2.24, 2.45) is 17.6 Å². The zero-order chi connectivity index (χ0) is 19.7. The Morgan fingerprint density at radius 1 is 0.960 bits per heavy atom. The highest BCUT2D eigenvalue weighted by molar-refractivity contribution is 5.92. The van der Waals surface area contributed by atoms with Crippen molar-refractivity contribution in [3.63, 3.8) is 0 Å². The molecule has 0 aromatic rings. The maximum Gasteiger partial charge on any atom is 0.326 e. The molecule has 144 valence electrons. The predicted molar refractivity (Wildman–Crippen MR) is 90.6 cm³/mol. The Morgan fingerprint density at radius 2 is 1.52 bits per heavy atom. The third kappa shape index (κ3) is 9.04. The number of nitrogens with two attached hydrogens (primary N) is 1. The van der Waals surface area contributed by atoms with E-state index >= 15 is 0 Å². The standard InChI is InChI=1S/C16H29N3O6/c1-8(2)7-11(16(24)25)18-15(23)13(9(3)4)19-14(22)10(17)5-6-12(20)21/h8-11,13H,5-7,17H2,1-4H3,(H,18,23)(H,19,22)(H,20,21)(H,24,25). The van der Waals surface area contributed by atoms with E-state index in [0.717, 1.165) is 0 Å². The Balaban J connectivity index is 4.91. The number of hydrogen-bond donors (Lipinski definition) is 5. The van der Waals surface area contributed by atoms with Crippen molar-refractivity contribution < 1.29 is 29.4 Å². The summed E-state index contributed by atoms with van der Waals surface area (Å²) in [5, 5.41) is 22.7. The number of rotatable bonds is 11. The highest BCUT2D eigenvalue weighted by atomic mass is 16.4. The van der Waals surface area contributed by atoms with Gasteiger partial charge >= 0.3 is 11.9 Å². The van der Waals surface area contributed by atoms with Gasteiger partial charge < -0.3 is 26.6 Å². The summed E-state index contributed by atoms with van der Waals surface area (Å²) < 4.78 is 0. The fourth-order valence-corrected chi connectivity index (χ4v) is 2.16. The van der Waals surface area contributed by atoms with Gasteiger partial charge in [-0.05, 0) is 24.7 Å². The molecule has 0 aromatic carbocycles. The van der Waals surface area contributed by atoms with E-state index in [2.05, 4.69) is 10.6 Å². The van der Waals surface area contributed by atoms with E-state index in [1.54, 1.807) is 13.8 Å². The number of amides is 2. The smallest absolute Gasteiger partial charge is 0.326 e. The van der Waals surface area contributed by atoms with E-state index in [4.69, 9.17) is 10.8 Å². The van der Waals surface area contributed by atoms with E-state index in [0.29, 0.717) is 0 Å². The Kier molecular flexibility index (Phi) is 9.73. The Morgan fingerprint density at radius 3 is 1.92 bits per heavy atom. The summed E-state index contributed by atoms with van der Waals surface area (Å²) in [4.78, 5) is 46.2. The number of carbonyl (C=O) groups is 4. The van der Waals surface area contributed by atoms with E-state index < -0.39 is 41.9 Å². The van der Waals surface area contributed by atoms with Crippen LogP contribution in [0.5, 0.6) is 0 Å². The first-order valence-corrected chi connectivity index (χ1v) is 8.26. The minimum atomic E-state index is -1.14. The van der Waals surface area contributed by atoms with E-state index in [9.17, 15) is 24.3 Å². The van der Waals surface area contributed by atoms with Crippen molar-refractivity contribution in [2.45, 2.75) is 65.1 Å². The van der Waals surface area contributed by atoms with Gasteiger partial charge in [-0.1, -0.05) is 27.7 Å². The molecule has 0 rings (SSSR count). The number of carbonyl (C=O) groups excluding carboxylic acids is 2. The highest BCUT2D eigenvalue weighted by Crippen LogP contribution is 2.08. The lowest BCUT2D eigenvalue weighted by atomic mass is 10.00. The highest BCUT2D eigenvalue weighted by Gasteiger charge is 2.30. The first-order chi connectivity index (χ1) is 11.5. The van der Waals surface area contributed by atoms with Crippen LogP contribution >= 0.6 is 0 Å². The number of aliphatic carboxylic acids is 2. The molecule has 0 aliphatic rings. The van der Waals surface area contributed by atoms with Crippen molar-refractivity contribution in [3.05, 3.63) is 0 Å². The molecule has 0 heterocycles. The molecule has 0 saturated heterocycles.